The minimum Gasteiger partial charge on any atom is -0.497 e. The molecule has 0 saturated carbocycles. The molecule has 0 fully saturated rings. The van der Waals surface area contributed by atoms with Crippen molar-refractivity contribution in [2.24, 2.45) is 4.99 Å². The number of benzene rings is 3. The summed E-state index contributed by atoms with van der Waals surface area (Å²) in [5.74, 6) is 0.504. The van der Waals surface area contributed by atoms with Gasteiger partial charge in [-0.25, -0.2) is 0 Å². The van der Waals surface area contributed by atoms with Crippen molar-refractivity contribution in [3.63, 3.8) is 0 Å². The van der Waals surface area contributed by atoms with Crippen LogP contribution in [-0.4, -0.2) is 36.4 Å². The summed E-state index contributed by atoms with van der Waals surface area (Å²) in [6.07, 6.45) is 2.69. The molecule has 35 heavy (non-hydrogen) atoms. The zero-order chi connectivity index (χ0) is 24.6. The molecule has 0 aliphatic rings. The predicted molar refractivity (Wildman–Crippen MR) is 139 cm³/mol. The van der Waals surface area contributed by atoms with Crippen LogP contribution < -0.4 is 20.7 Å². The number of ether oxygens (including phenoxy) is 1. The Hall–Kier alpha value is -4.59. The van der Waals surface area contributed by atoms with Gasteiger partial charge in [-0.2, -0.15) is 0 Å². The number of anilines is 2. The van der Waals surface area contributed by atoms with E-state index in [4.69, 9.17) is 4.74 Å². The van der Waals surface area contributed by atoms with E-state index >= 15 is 0 Å². The lowest BCUT2D eigenvalue weighted by Gasteiger charge is -2.13. The molecule has 1 heterocycles. The molecule has 4 rings (SSSR count). The van der Waals surface area contributed by atoms with Crippen molar-refractivity contribution in [1.29, 1.82) is 0 Å². The number of para-hydroxylation sites is 1. The second-order valence-electron chi connectivity index (χ2n) is 7.91. The second-order valence-corrected chi connectivity index (χ2v) is 7.91. The van der Waals surface area contributed by atoms with Crippen LogP contribution in [0.4, 0.5) is 11.4 Å². The standard InChI is InChI=1S/C27H27N5O3/c1-18(33)30-22-7-5-6-19(16-22)26(34)32-27(31-21-10-12-23(35-2)13-11-21)28-15-14-20-17-29-25-9-4-3-8-24(20)25/h3-13,16-17,29H,14-15H2,1-2H3,(H,30,33)(H2,28,31,32,34). The average molecular weight is 470 g/mol. The van der Waals surface area contributed by atoms with E-state index in [1.165, 1.54) is 6.92 Å². The number of H-pyrrole nitrogens is 1. The van der Waals surface area contributed by atoms with Gasteiger partial charge in [0, 0.05) is 47.5 Å². The first-order valence-corrected chi connectivity index (χ1v) is 11.2. The van der Waals surface area contributed by atoms with E-state index in [-0.39, 0.29) is 11.8 Å². The van der Waals surface area contributed by atoms with E-state index in [0.717, 1.165) is 27.9 Å². The Bertz CT molecular complexity index is 1360. The number of carbonyl (C=O) groups excluding carboxylic acids is 2. The third-order valence-electron chi connectivity index (χ3n) is 5.36. The zero-order valence-electron chi connectivity index (χ0n) is 19.6. The van der Waals surface area contributed by atoms with Crippen molar-refractivity contribution < 1.29 is 14.3 Å². The van der Waals surface area contributed by atoms with Crippen molar-refractivity contribution in [3.05, 3.63) is 90.1 Å². The van der Waals surface area contributed by atoms with Crippen LogP contribution in [0.3, 0.4) is 0 Å². The first-order chi connectivity index (χ1) is 17.0. The highest BCUT2D eigenvalue weighted by atomic mass is 16.5. The number of guanidine groups is 1. The van der Waals surface area contributed by atoms with E-state index in [1.54, 1.807) is 31.4 Å². The summed E-state index contributed by atoms with van der Waals surface area (Å²) in [6, 6.07) is 22.2. The number of aromatic amines is 1. The summed E-state index contributed by atoms with van der Waals surface area (Å²) < 4.78 is 5.22. The van der Waals surface area contributed by atoms with Gasteiger partial charge in [0.15, 0.2) is 0 Å². The highest BCUT2D eigenvalue weighted by Crippen LogP contribution is 2.18. The maximum Gasteiger partial charge on any atom is 0.258 e. The van der Waals surface area contributed by atoms with Crippen LogP contribution in [0, 0.1) is 0 Å². The Labute approximate surface area is 203 Å². The maximum atomic E-state index is 13.0. The number of aromatic nitrogens is 1. The van der Waals surface area contributed by atoms with Gasteiger partial charge in [0.25, 0.3) is 5.91 Å². The van der Waals surface area contributed by atoms with Crippen LogP contribution in [-0.2, 0) is 11.2 Å². The zero-order valence-corrected chi connectivity index (χ0v) is 19.6. The van der Waals surface area contributed by atoms with Gasteiger partial charge in [0.05, 0.1) is 7.11 Å². The molecule has 0 unspecified atom stereocenters. The number of carbonyl (C=O) groups is 2. The monoisotopic (exact) mass is 469 g/mol. The predicted octanol–water partition coefficient (Wildman–Crippen LogP) is 4.58. The number of hydrogen-bond acceptors (Lipinski definition) is 4. The Balaban J connectivity index is 1.52. The van der Waals surface area contributed by atoms with E-state index in [9.17, 15) is 9.59 Å². The highest BCUT2D eigenvalue weighted by Gasteiger charge is 2.11. The Morgan fingerprint density at radius 2 is 1.74 bits per heavy atom. The normalized spacial score (nSPS) is 11.2. The molecule has 8 nitrogen and oxygen atoms in total. The van der Waals surface area contributed by atoms with E-state index in [0.29, 0.717) is 30.2 Å². The van der Waals surface area contributed by atoms with Crippen molar-refractivity contribution in [1.82, 2.24) is 10.3 Å². The fraction of sp³-hybridized carbons (Fsp3) is 0.148. The van der Waals surface area contributed by atoms with Crippen molar-refractivity contribution >= 4 is 40.1 Å². The Morgan fingerprint density at radius 1 is 0.943 bits per heavy atom. The highest BCUT2D eigenvalue weighted by molar-refractivity contribution is 6.10. The number of aliphatic imine (C=N–C) groups is 1. The van der Waals surface area contributed by atoms with Gasteiger partial charge in [-0.05, 0) is 60.5 Å². The molecule has 1 aromatic heterocycles. The Kier molecular flexibility index (Phi) is 7.42. The van der Waals surface area contributed by atoms with Gasteiger partial charge in [-0.1, -0.05) is 24.3 Å². The smallest absolute Gasteiger partial charge is 0.258 e. The van der Waals surface area contributed by atoms with E-state index in [1.807, 2.05) is 48.7 Å². The fourth-order valence-corrected chi connectivity index (χ4v) is 3.67. The van der Waals surface area contributed by atoms with Gasteiger partial charge in [-0.15, -0.1) is 0 Å². The molecule has 0 radical (unpaired) electrons. The lowest BCUT2D eigenvalue weighted by molar-refractivity contribution is -0.114. The largest absolute Gasteiger partial charge is 0.497 e. The van der Waals surface area contributed by atoms with Crippen molar-refractivity contribution in [2.75, 3.05) is 24.3 Å². The van der Waals surface area contributed by atoms with Gasteiger partial charge in [0.1, 0.15) is 5.75 Å². The number of rotatable bonds is 7. The molecular weight excluding hydrogens is 442 g/mol. The molecule has 8 heteroatoms. The van der Waals surface area contributed by atoms with Crippen LogP contribution in [0.5, 0.6) is 5.75 Å². The van der Waals surface area contributed by atoms with Gasteiger partial charge < -0.3 is 20.4 Å². The van der Waals surface area contributed by atoms with Gasteiger partial charge in [-0.3, -0.25) is 19.9 Å². The fourth-order valence-electron chi connectivity index (χ4n) is 3.67. The topological polar surface area (TPSA) is 108 Å². The number of methoxy groups -OCH3 is 1. The summed E-state index contributed by atoms with van der Waals surface area (Å²) in [5, 5.41) is 9.88. The molecular formula is C27H27N5O3. The average Bonchev–Trinajstić information content (AvgIpc) is 3.27. The number of fused-ring (bicyclic) bond motifs is 1. The van der Waals surface area contributed by atoms with Crippen molar-refractivity contribution in [2.45, 2.75) is 13.3 Å². The van der Waals surface area contributed by atoms with Gasteiger partial charge >= 0.3 is 0 Å². The summed E-state index contributed by atoms with van der Waals surface area (Å²) in [4.78, 5) is 32.3. The number of hydrogen-bond donors (Lipinski definition) is 4. The molecule has 4 N–H and O–H groups in total. The maximum absolute atomic E-state index is 13.0. The Morgan fingerprint density at radius 3 is 2.51 bits per heavy atom. The summed E-state index contributed by atoms with van der Waals surface area (Å²) >= 11 is 0. The van der Waals surface area contributed by atoms with E-state index < -0.39 is 0 Å². The minimum atomic E-state index is -0.343. The summed E-state index contributed by atoms with van der Waals surface area (Å²) in [6.45, 7) is 1.89. The lowest BCUT2D eigenvalue weighted by atomic mass is 10.1. The number of nitrogens with one attached hydrogen (secondary N) is 4. The SMILES string of the molecule is COc1ccc(NC(=NCCc2c[nH]c3ccccc23)NC(=O)c2cccc(NC(C)=O)c2)cc1. The van der Waals surface area contributed by atoms with Crippen LogP contribution in [0.2, 0.25) is 0 Å². The molecule has 0 spiro atoms. The molecule has 0 saturated heterocycles. The molecule has 0 aliphatic carbocycles. The first kappa shape index (κ1) is 23.6. The first-order valence-electron chi connectivity index (χ1n) is 11.2. The molecule has 0 atom stereocenters. The molecule has 178 valence electrons. The van der Waals surface area contributed by atoms with Crippen LogP contribution in [0.1, 0.15) is 22.8 Å². The third-order valence-corrected chi connectivity index (χ3v) is 5.36. The molecule has 4 aromatic rings. The molecule has 0 aliphatic heterocycles. The summed E-state index contributed by atoms with van der Waals surface area (Å²) in [7, 11) is 1.61. The van der Waals surface area contributed by atoms with Crippen molar-refractivity contribution in [3.8, 4) is 5.75 Å². The second kappa shape index (κ2) is 11.0. The quantitative estimate of drug-likeness (QED) is 0.235. The summed E-state index contributed by atoms with van der Waals surface area (Å²) in [5.41, 5.74) is 3.94. The lowest BCUT2D eigenvalue weighted by Crippen LogP contribution is -2.36. The molecule has 3 aromatic carbocycles. The number of amides is 2. The molecule has 2 amide bonds. The van der Waals surface area contributed by atoms with Crippen LogP contribution >= 0.6 is 0 Å². The van der Waals surface area contributed by atoms with E-state index in [2.05, 4.69) is 32.0 Å². The molecule has 0 bridgehead atoms. The van der Waals surface area contributed by atoms with Gasteiger partial charge in [0.2, 0.25) is 11.9 Å². The number of nitrogens with zero attached hydrogens (tertiary/aromatic N) is 1. The van der Waals surface area contributed by atoms with Crippen LogP contribution in [0.25, 0.3) is 10.9 Å². The van der Waals surface area contributed by atoms with Crippen LogP contribution in [0.15, 0.2) is 84.0 Å². The third kappa shape index (κ3) is 6.26. The minimum absolute atomic E-state index is 0.205.